The van der Waals surface area contributed by atoms with Gasteiger partial charge in [-0.05, 0) is 49.9 Å². The molecule has 0 bridgehead atoms. The molecule has 3 fully saturated rings. The van der Waals surface area contributed by atoms with E-state index in [0.717, 1.165) is 19.3 Å². The summed E-state index contributed by atoms with van der Waals surface area (Å²) in [6.07, 6.45) is 0.661. The summed E-state index contributed by atoms with van der Waals surface area (Å²) in [6.45, 7) is -0.722. The van der Waals surface area contributed by atoms with E-state index in [4.69, 9.17) is 18.9 Å². The van der Waals surface area contributed by atoms with E-state index in [1.807, 2.05) is 0 Å². The number of carbonyl (C=O) groups is 2. The SMILES string of the molecule is O=C(OC1(CO[N+](=O)[O-])CCCCC1)c1ccc(C(=O)O[C@@]2(O)CO[C@@H]3[C@H](O)CO[C@@H]32)cc1. The lowest BCUT2D eigenvalue weighted by Crippen LogP contribution is -2.47. The Morgan fingerprint density at radius 3 is 2.27 bits per heavy atom. The van der Waals surface area contributed by atoms with Crippen molar-refractivity contribution in [2.75, 3.05) is 19.8 Å². The number of nitrogens with zero attached hydrogens (tertiary/aromatic N) is 1. The van der Waals surface area contributed by atoms with Crippen LogP contribution in [0.4, 0.5) is 0 Å². The molecule has 0 aromatic heterocycles. The summed E-state index contributed by atoms with van der Waals surface area (Å²) < 4.78 is 21.4. The van der Waals surface area contributed by atoms with Crippen LogP contribution in [0.3, 0.4) is 0 Å². The first-order valence-corrected chi connectivity index (χ1v) is 10.7. The highest BCUT2D eigenvalue weighted by Crippen LogP contribution is 2.36. The molecule has 1 aliphatic carbocycles. The minimum atomic E-state index is -2.04. The summed E-state index contributed by atoms with van der Waals surface area (Å²) in [5.74, 6) is -3.60. The van der Waals surface area contributed by atoms with Gasteiger partial charge in [0.15, 0.2) is 6.10 Å². The lowest BCUT2D eigenvalue weighted by atomic mass is 9.85. The van der Waals surface area contributed by atoms with E-state index in [-0.39, 0.29) is 30.9 Å². The summed E-state index contributed by atoms with van der Waals surface area (Å²) in [5, 5.41) is 30.1. The quantitative estimate of drug-likeness (QED) is 0.252. The Labute approximate surface area is 188 Å². The van der Waals surface area contributed by atoms with Gasteiger partial charge in [0.05, 0.1) is 17.7 Å². The first-order chi connectivity index (χ1) is 15.7. The van der Waals surface area contributed by atoms with Crippen molar-refractivity contribution < 1.29 is 48.7 Å². The third kappa shape index (κ3) is 4.93. The zero-order valence-corrected chi connectivity index (χ0v) is 17.7. The summed E-state index contributed by atoms with van der Waals surface area (Å²) in [4.78, 5) is 40.3. The molecule has 180 valence electrons. The molecule has 12 heteroatoms. The minimum Gasteiger partial charge on any atom is -0.453 e. The van der Waals surface area contributed by atoms with Crippen molar-refractivity contribution in [3.8, 4) is 0 Å². The molecule has 12 nitrogen and oxygen atoms in total. The predicted molar refractivity (Wildman–Crippen MR) is 106 cm³/mol. The van der Waals surface area contributed by atoms with Gasteiger partial charge in [-0.25, -0.2) is 9.59 Å². The molecule has 2 saturated heterocycles. The fraction of sp³-hybridized carbons (Fsp3) is 0.619. The Kier molecular flexibility index (Phi) is 6.52. The van der Waals surface area contributed by atoms with E-state index in [1.54, 1.807) is 0 Å². The molecular formula is C21H25NO11. The molecule has 0 unspecified atom stereocenters. The number of ether oxygens (including phenoxy) is 4. The molecule has 3 aliphatic rings. The highest BCUT2D eigenvalue weighted by molar-refractivity contribution is 5.93. The molecule has 1 saturated carbocycles. The van der Waals surface area contributed by atoms with Crippen LogP contribution in [0.2, 0.25) is 0 Å². The summed E-state index contributed by atoms with van der Waals surface area (Å²) in [5.41, 5.74) is -0.873. The fourth-order valence-corrected chi connectivity index (χ4v) is 4.42. The van der Waals surface area contributed by atoms with Crippen LogP contribution in [0.25, 0.3) is 0 Å². The van der Waals surface area contributed by atoms with Crippen LogP contribution in [0.15, 0.2) is 24.3 Å². The molecule has 4 atom stereocenters. The van der Waals surface area contributed by atoms with Crippen LogP contribution >= 0.6 is 0 Å². The Morgan fingerprint density at radius 1 is 1.06 bits per heavy atom. The molecule has 0 amide bonds. The van der Waals surface area contributed by atoms with Crippen LogP contribution < -0.4 is 0 Å². The number of esters is 2. The molecule has 4 rings (SSSR count). The van der Waals surface area contributed by atoms with E-state index in [1.165, 1.54) is 24.3 Å². The van der Waals surface area contributed by atoms with Crippen molar-refractivity contribution in [2.45, 2.75) is 61.8 Å². The van der Waals surface area contributed by atoms with Crippen molar-refractivity contribution in [3.63, 3.8) is 0 Å². The lowest BCUT2D eigenvalue weighted by molar-refractivity contribution is -0.761. The van der Waals surface area contributed by atoms with Gasteiger partial charge in [0.1, 0.15) is 31.0 Å². The third-order valence-electron chi connectivity index (χ3n) is 6.18. The van der Waals surface area contributed by atoms with Crippen LogP contribution in [-0.2, 0) is 23.8 Å². The van der Waals surface area contributed by atoms with Crippen LogP contribution in [-0.4, -0.2) is 76.8 Å². The van der Waals surface area contributed by atoms with Crippen LogP contribution in [0.5, 0.6) is 0 Å². The van der Waals surface area contributed by atoms with E-state index in [2.05, 4.69) is 4.84 Å². The number of aliphatic hydroxyl groups is 2. The normalized spacial score (nSPS) is 30.3. The largest absolute Gasteiger partial charge is 0.453 e. The fourth-order valence-electron chi connectivity index (χ4n) is 4.42. The van der Waals surface area contributed by atoms with E-state index < -0.39 is 46.7 Å². The van der Waals surface area contributed by atoms with Gasteiger partial charge in [-0.15, -0.1) is 10.1 Å². The lowest BCUT2D eigenvalue weighted by Gasteiger charge is -2.35. The monoisotopic (exact) mass is 467 g/mol. The highest BCUT2D eigenvalue weighted by atomic mass is 17.0. The maximum atomic E-state index is 12.7. The van der Waals surface area contributed by atoms with E-state index >= 15 is 0 Å². The Hall–Kier alpha value is -2.80. The second-order valence-electron chi connectivity index (χ2n) is 8.54. The van der Waals surface area contributed by atoms with Gasteiger partial charge in [-0.2, -0.15) is 0 Å². The number of hydrogen-bond donors (Lipinski definition) is 2. The average Bonchev–Trinajstić information content (AvgIpc) is 3.33. The number of aliphatic hydroxyl groups excluding tert-OH is 1. The molecule has 33 heavy (non-hydrogen) atoms. The molecule has 1 aromatic rings. The highest BCUT2D eigenvalue weighted by Gasteiger charge is 2.58. The number of rotatable bonds is 7. The van der Waals surface area contributed by atoms with Crippen LogP contribution in [0, 0.1) is 10.1 Å². The topological polar surface area (TPSA) is 164 Å². The van der Waals surface area contributed by atoms with Gasteiger partial charge in [-0.1, -0.05) is 6.42 Å². The van der Waals surface area contributed by atoms with Crippen molar-refractivity contribution in [3.05, 3.63) is 45.5 Å². The Bertz CT molecular complexity index is 898. The Morgan fingerprint density at radius 2 is 1.67 bits per heavy atom. The van der Waals surface area contributed by atoms with Gasteiger partial charge in [0.2, 0.25) is 0 Å². The first kappa shape index (κ1) is 23.4. The van der Waals surface area contributed by atoms with Crippen LogP contribution in [0.1, 0.15) is 52.8 Å². The number of benzene rings is 1. The van der Waals surface area contributed by atoms with E-state index in [0.29, 0.717) is 12.8 Å². The number of fused-ring (bicyclic) bond motifs is 1. The maximum absolute atomic E-state index is 12.7. The van der Waals surface area contributed by atoms with Crippen molar-refractivity contribution in [1.29, 1.82) is 0 Å². The maximum Gasteiger partial charge on any atom is 0.340 e. The van der Waals surface area contributed by atoms with Gasteiger partial charge < -0.3 is 34.0 Å². The van der Waals surface area contributed by atoms with Crippen molar-refractivity contribution in [2.24, 2.45) is 0 Å². The summed E-state index contributed by atoms with van der Waals surface area (Å²) in [6, 6.07) is 5.39. The molecular weight excluding hydrogens is 442 g/mol. The van der Waals surface area contributed by atoms with Crippen molar-refractivity contribution >= 4 is 11.9 Å². The molecule has 0 spiro atoms. The smallest absolute Gasteiger partial charge is 0.340 e. The summed E-state index contributed by atoms with van der Waals surface area (Å²) in [7, 11) is 0. The summed E-state index contributed by atoms with van der Waals surface area (Å²) >= 11 is 0. The molecule has 2 aliphatic heterocycles. The van der Waals surface area contributed by atoms with Gasteiger partial charge in [0.25, 0.3) is 10.9 Å². The molecule has 0 radical (unpaired) electrons. The molecule has 2 heterocycles. The predicted octanol–water partition coefficient (Wildman–Crippen LogP) is 0.758. The minimum absolute atomic E-state index is 0.0415. The zero-order chi connectivity index (χ0) is 23.6. The standard InChI is InChI=1S/C21H25NO11/c23-15-10-29-17-16(15)30-12-21(17,26)33-19(25)14-6-4-13(5-7-14)18(24)32-20(11-31-22(27)28)8-2-1-3-9-20/h4-7,15-17,23,26H,1-3,8-12H2/t15-,16-,17+,21+/m1/s1. The van der Waals surface area contributed by atoms with Gasteiger partial charge in [-0.3, -0.25) is 0 Å². The first-order valence-electron chi connectivity index (χ1n) is 10.7. The zero-order valence-electron chi connectivity index (χ0n) is 17.7. The number of hydrogen-bond acceptors (Lipinski definition) is 11. The van der Waals surface area contributed by atoms with Gasteiger partial charge in [0, 0.05) is 0 Å². The van der Waals surface area contributed by atoms with Gasteiger partial charge >= 0.3 is 11.9 Å². The molecule has 2 N–H and O–H groups in total. The van der Waals surface area contributed by atoms with Crippen molar-refractivity contribution in [1.82, 2.24) is 0 Å². The number of carbonyl (C=O) groups excluding carboxylic acids is 2. The molecule has 1 aromatic carbocycles. The average molecular weight is 467 g/mol. The second-order valence-corrected chi connectivity index (χ2v) is 8.54. The second kappa shape index (κ2) is 9.21. The third-order valence-corrected chi connectivity index (χ3v) is 6.18. The van der Waals surface area contributed by atoms with E-state index in [9.17, 15) is 29.9 Å². The Balaban J connectivity index is 1.39.